The molecule has 0 spiro atoms. The van der Waals surface area contributed by atoms with Gasteiger partial charge in [-0.05, 0) is 37.5 Å². The molecule has 8 heteroatoms. The largest absolute Gasteiger partial charge is 0.323 e. The van der Waals surface area contributed by atoms with E-state index in [1.54, 1.807) is 0 Å². The van der Waals surface area contributed by atoms with Crippen molar-refractivity contribution in [2.75, 3.05) is 0 Å². The van der Waals surface area contributed by atoms with Crippen molar-refractivity contribution in [1.82, 2.24) is 0 Å². The molecule has 0 radical (unpaired) electrons. The monoisotopic (exact) mass is 410 g/mol. The molecular formula is C18H32ClO6P. The zero-order valence-electron chi connectivity index (χ0n) is 16.5. The molecular weight excluding hydrogens is 379 g/mol. The van der Waals surface area contributed by atoms with Crippen molar-refractivity contribution in [2.45, 2.75) is 96.7 Å². The maximum atomic E-state index is 12.8. The molecule has 2 rings (SSSR count). The molecule has 3 atom stereocenters. The summed E-state index contributed by atoms with van der Waals surface area (Å²) in [5, 5.41) is -1.05. The fourth-order valence-corrected chi connectivity index (χ4v) is 9.49. The van der Waals surface area contributed by atoms with Crippen LogP contribution in [0.5, 0.6) is 0 Å². The summed E-state index contributed by atoms with van der Waals surface area (Å²) in [4.78, 5) is 0. The highest BCUT2D eigenvalue weighted by atomic mass is 35.7. The molecule has 2 aliphatic carbocycles. The predicted octanol–water partition coefficient (Wildman–Crippen LogP) is 2.39. The topological polar surface area (TPSA) is 113 Å². The zero-order valence-corrected chi connectivity index (χ0v) is 18.2. The third kappa shape index (κ3) is 2.67. The van der Waals surface area contributed by atoms with Gasteiger partial charge in [-0.1, -0.05) is 53.9 Å². The lowest BCUT2D eigenvalue weighted by molar-refractivity contribution is -1.92. The van der Waals surface area contributed by atoms with Crippen LogP contribution in [0.3, 0.4) is 0 Å². The number of rotatable bonds is 9. The van der Waals surface area contributed by atoms with Crippen LogP contribution in [0, 0.1) is 27.0 Å². The van der Waals surface area contributed by atoms with E-state index in [4.69, 9.17) is 4.29 Å². The molecule has 2 aliphatic rings. The average molecular weight is 411 g/mol. The van der Waals surface area contributed by atoms with E-state index in [0.717, 1.165) is 0 Å². The third-order valence-corrected chi connectivity index (χ3v) is 9.73. The highest BCUT2D eigenvalue weighted by molar-refractivity contribution is 7.33. The van der Waals surface area contributed by atoms with E-state index in [1.807, 2.05) is 34.6 Å². The van der Waals surface area contributed by atoms with Gasteiger partial charge < -0.3 is 0 Å². The van der Waals surface area contributed by atoms with Gasteiger partial charge in [-0.15, -0.1) is 0 Å². The second kappa shape index (κ2) is 7.13. The van der Waals surface area contributed by atoms with E-state index >= 15 is 0 Å². The minimum absolute atomic E-state index is 0.280. The molecule has 0 aromatic heterocycles. The van der Waals surface area contributed by atoms with Gasteiger partial charge in [-0.25, -0.2) is 9.13 Å². The van der Waals surface area contributed by atoms with E-state index in [0.29, 0.717) is 51.4 Å². The Morgan fingerprint density at radius 2 is 1.50 bits per heavy atom. The smallest absolute Gasteiger partial charge is 0.237 e. The molecule has 6 nitrogen and oxygen atoms in total. The minimum Gasteiger partial charge on any atom is -0.237 e. The molecule has 3 unspecified atom stereocenters. The Labute approximate surface area is 159 Å². The molecule has 0 saturated heterocycles. The maximum absolute atomic E-state index is 12.8. The molecule has 2 saturated carbocycles. The van der Waals surface area contributed by atoms with Gasteiger partial charge in [0.2, 0.25) is 5.60 Å². The molecule has 0 N–H and O–H groups in total. The van der Waals surface area contributed by atoms with Gasteiger partial charge in [-0.2, -0.15) is 14.0 Å². The van der Waals surface area contributed by atoms with Crippen LogP contribution in [0.15, 0.2) is 0 Å². The van der Waals surface area contributed by atoms with Gasteiger partial charge in [0.25, 0.3) is 0 Å². The van der Waals surface area contributed by atoms with Crippen molar-refractivity contribution in [2.24, 2.45) is 16.7 Å². The minimum atomic E-state index is -4.66. The Hall–Kier alpha value is 0.0300. The Kier molecular flexibility index (Phi) is 6.12. The lowest BCUT2D eigenvalue weighted by Crippen LogP contribution is -2.69. The molecule has 0 amide bonds. The van der Waals surface area contributed by atoms with Gasteiger partial charge in [0.1, 0.15) is 0 Å². The molecule has 0 heterocycles. The van der Waals surface area contributed by atoms with Crippen molar-refractivity contribution in [3.8, 4) is 0 Å². The SMILES string of the molecule is CCCC1(O[Cl+3]([O-])([O-])[O-])C2CCC(P(=O)=O)(C2(C)C)C1(CCC)CCC. The van der Waals surface area contributed by atoms with Gasteiger partial charge in [0.05, 0.1) is 19.7 Å². The van der Waals surface area contributed by atoms with Crippen LogP contribution in [0.1, 0.15) is 86.0 Å². The maximum Gasteiger partial charge on any atom is 0.323 e. The predicted molar refractivity (Wildman–Crippen MR) is 88.5 cm³/mol. The molecule has 0 aliphatic heterocycles. The van der Waals surface area contributed by atoms with Crippen LogP contribution in [0.4, 0.5) is 0 Å². The zero-order chi connectivity index (χ0) is 20.0. The summed E-state index contributed by atoms with van der Waals surface area (Å²) in [7, 11) is -7.49. The molecule has 0 aromatic carbocycles. The molecule has 26 heavy (non-hydrogen) atoms. The van der Waals surface area contributed by atoms with E-state index < -0.39 is 39.5 Å². The lowest BCUT2D eigenvalue weighted by atomic mass is 9.57. The van der Waals surface area contributed by atoms with Crippen LogP contribution >= 0.6 is 7.68 Å². The first-order valence-electron chi connectivity index (χ1n) is 9.68. The van der Waals surface area contributed by atoms with E-state index in [-0.39, 0.29) is 5.92 Å². The first-order valence-corrected chi connectivity index (χ1v) is 12.1. The van der Waals surface area contributed by atoms with Gasteiger partial charge in [0, 0.05) is 11.3 Å². The van der Waals surface area contributed by atoms with Crippen LogP contribution in [0.2, 0.25) is 0 Å². The molecule has 152 valence electrons. The van der Waals surface area contributed by atoms with Gasteiger partial charge >= 0.3 is 7.68 Å². The molecule has 2 bridgehead atoms. The van der Waals surface area contributed by atoms with Gasteiger partial charge in [-0.3, -0.25) is 0 Å². The van der Waals surface area contributed by atoms with Crippen LogP contribution in [0.25, 0.3) is 0 Å². The van der Waals surface area contributed by atoms with Crippen molar-refractivity contribution in [3.05, 3.63) is 0 Å². The summed E-state index contributed by atoms with van der Waals surface area (Å²) in [6, 6.07) is 0. The normalized spacial score (nSPS) is 35.0. The summed E-state index contributed by atoms with van der Waals surface area (Å²) in [5.74, 6) is -0.280. The quantitative estimate of drug-likeness (QED) is 0.539. The average Bonchev–Trinajstić information content (AvgIpc) is 2.82. The Morgan fingerprint density at radius 3 is 1.88 bits per heavy atom. The third-order valence-electron chi connectivity index (χ3n) is 7.42. The Morgan fingerprint density at radius 1 is 1.00 bits per heavy atom. The van der Waals surface area contributed by atoms with Crippen LogP contribution in [-0.2, 0) is 13.4 Å². The first-order chi connectivity index (χ1) is 11.9. The first kappa shape index (κ1) is 22.3. The van der Waals surface area contributed by atoms with Gasteiger partial charge in [0.15, 0.2) is 0 Å². The Bertz CT molecular complexity index is 585. The number of hydrogen-bond donors (Lipinski definition) is 0. The van der Waals surface area contributed by atoms with Crippen molar-refractivity contribution in [1.29, 1.82) is 0 Å². The number of fused-ring (bicyclic) bond motifs is 2. The number of hydrogen-bond acceptors (Lipinski definition) is 6. The highest BCUT2D eigenvalue weighted by Gasteiger charge is 2.87. The summed E-state index contributed by atoms with van der Waals surface area (Å²) < 4.78 is 66.3. The summed E-state index contributed by atoms with van der Waals surface area (Å²) in [5.41, 5.74) is -2.78. The van der Waals surface area contributed by atoms with Crippen molar-refractivity contribution >= 4 is 7.68 Å². The Balaban J connectivity index is 2.87. The molecule has 2 fully saturated rings. The van der Waals surface area contributed by atoms with Crippen molar-refractivity contribution in [3.63, 3.8) is 0 Å². The van der Waals surface area contributed by atoms with E-state index in [9.17, 15) is 23.1 Å². The van der Waals surface area contributed by atoms with Crippen molar-refractivity contribution < 1.29 is 37.6 Å². The summed E-state index contributed by atoms with van der Waals surface area (Å²) in [6.07, 6.45) is 4.56. The highest BCUT2D eigenvalue weighted by Crippen LogP contribution is 2.82. The second-order valence-electron chi connectivity index (χ2n) is 8.61. The van der Waals surface area contributed by atoms with E-state index in [2.05, 4.69) is 0 Å². The van der Waals surface area contributed by atoms with Crippen LogP contribution in [-0.4, -0.2) is 10.8 Å². The summed E-state index contributed by atoms with van der Waals surface area (Å²) in [6.45, 7) is 9.71. The fraction of sp³-hybridized carbons (Fsp3) is 1.00. The number of halogens is 1. The van der Waals surface area contributed by atoms with Crippen LogP contribution < -0.4 is 14.0 Å². The standard InChI is InChI=1S/C18H32ClO6P/c1-6-10-16(11-7-2)17(12-8-3,25-19(20,21)22)14-9-13-18(16,26(23)24)15(14,4)5/h14H,6-13H2,1-5H3. The molecule has 0 aromatic rings. The van der Waals surface area contributed by atoms with E-state index in [1.165, 1.54) is 0 Å². The second-order valence-corrected chi connectivity index (χ2v) is 10.8. The lowest BCUT2D eigenvalue weighted by Gasteiger charge is -2.52. The summed E-state index contributed by atoms with van der Waals surface area (Å²) >= 11 is 0. The fourth-order valence-electron chi connectivity index (χ4n) is 7.12.